The van der Waals surface area contributed by atoms with Crippen molar-refractivity contribution in [3.8, 4) is 0 Å². The fourth-order valence-electron chi connectivity index (χ4n) is 2.12. The summed E-state index contributed by atoms with van der Waals surface area (Å²) in [7, 11) is 0. The Bertz CT molecular complexity index is 503. The molecule has 1 aliphatic rings. The maximum atomic E-state index is 12.5. The third kappa shape index (κ3) is 3.07. The van der Waals surface area contributed by atoms with Gasteiger partial charge in [-0.15, -0.1) is 0 Å². The molecule has 0 atom stereocenters. The van der Waals surface area contributed by atoms with E-state index in [-0.39, 0.29) is 17.8 Å². The predicted molar refractivity (Wildman–Crippen MR) is 70.3 cm³/mol. The molecule has 1 fully saturated rings. The normalized spacial score (nSPS) is 15.6. The summed E-state index contributed by atoms with van der Waals surface area (Å²) in [4.78, 5) is 14.3. The highest BCUT2D eigenvalue weighted by Gasteiger charge is 2.34. The molecular weight excluding hydrogens is 246 g/mol. The van der Waals surface area contributed by atoms with Gasteiger partial charge in [-0.2, -0.15) is 0 Å². The van der Waals surface area contributed by atoms with Crippen molar-refractivity contribution >= 4 is 11.7 Å². The molecule has 6 nitrogen and oxygen atoms in total. The van der Waals surface area contributed by atoms with E-state index in [4.69, 9.17) is 15.4 Å². The molecule has 2 rings (SSSR count). The third-order valence-corrected chi connectivity index (χ3v) is 3.26. The van der Waals surface area contributed by atoms with Crippen LogP contribution < -0.4 is 5.73 Å². The number of nitrogens with two attached hydrogens (primary N) is 1. The second-order valence-electron chi connectivity index (χ2n) is 4.90. The zero-order chi connectivity index (χ0) is 14.0. The third-order valence-electron chi connectivity index (χ3n) is 3.26. The molecular formula is C13H19N3O3. The second-order valence-corrected chi connectivity index (χ2v) is 4.90. The van der Waals surface area contributed by atoms with Crippen molar-refractivity contribution in [1.82, 2.24) is 4.90 Å². The number of hydrogen-bond acceptors (Lipinski definition) is 4. The number of furan rings is 1. The van der Waals surface area contributed by atoms with E-state index in [1.165, 1.54) is 0 Å². The highest BCUT2D eigenvalue weighted by molar-refractivity contribution is 5.96. The van der Waals surface area contributed by atoms with Crippen LogP contribution in [0.5, 0.6) is 0 Å². The van der Waals surface area contributed by atoms with E-state index in [0.717, 1.165) is 18.6 Å². The molecule has 1 aromatic heterocycles. The average Bonchev–Trinajstić information content (AvgIpc) is 3.14. The van der Waals surface area contributed by atoms with Crippen LogP contribution in [0.3, 0.4) is 0 Å². The molecule has 0 saturated heterocycles. The minimum atomic E-state index is -0.0393. The van der Waals surface area contributed by atoms with Gasteiger partial charge in [-0.3, -0.25) is 4.79 Å². The van der Waals surface area contributed by atoms with Crippen LogP contribution in [0.2, 0.25) is 0 Å². The molecule has 1 aliphatic carbocycles. The smallest absolute Gasteiger partial charge is 0.257 e. The fraction of sp³-hybridized carbons (Fsp3) is 0.538. The minimum absolute atomic E-state index is 0.0393. The number of aryl methyl sites for hydroxylation is 2. The van der Waals surface area contributed by atoms with Crippen molar-refractivity contribution in [3.05, 3.63) is 23.2 Å². The summed E-state index contributed by atoms with van der Waals surface area (Å²) in [5.74, 6) is 1.46. The van der Waals surface area contributed by atoms with Gasteiger partial charge in [-0.1, -0.05) is 5.16 Å². The van der Waals surface area contributed by atoms with Gasteiger partial charge >= 0.3 is 0 Å². The number of rotatable bonds is 5. The largest absolute Gasteiger partial charge is 0.466 e. The lowest BCUT2D eigenvalue weighted by Crippen LogP contribution is -2.36. The van der Waals surface area contributed by atoms with Gasteiger partial charge in [0.1, 0.15) is 17.4 Å². The molecule has 3 N–H and O–H groups in total. The van der Waals surface area contributed by atoms with Crippen LogP contribution in [-0.4, -0.2) is 34.4 Å². The molecule has 1 amide bonds. The molecule has 0 unspecified atom stereocenters. The van der Waals surface area contributed by atoms with Crippen LogP contribution in [-0.2, 0) is 0 Å². The van der Waals surface area contributed by atoms with Gasteiger partial charge in [0.2, 0.25) is 0 Å². The van der Waals surface area contributed by atoms with Crippen molar-refractivity contribution in [2.45, 2.75) is 39.2 Å². The summed E-state index contributed by atoms with van der Waals surface area (Å²) >= 11 is 0. The van der Waals surface area contributed by atoms with Gasteiger partial charge in [0.05, 0.1) is 5.56 Å². The van der Waals surface area contributed by atoms with E-state index in [1.807, 2.05) is 6.92 Å². The lowest BCUT2D eigenvalue weighted by molar-refractivity contribution is 0.0745. The maximum absolute atomic E-state index is 12.5. The Hall–Kier alpha value is -1.98. The van der Waals surface area contributed by atoms with Crippen molar-refractivity contribution in [3.63, 3.8) is 0 Å². The topological polar surface area (TPSA) is 92.1 Å². The molecule has 0 aromatic carbocycles. The number of carbonyl (C=O) groups is 1. The first kappa shape index (κ1) is 13.5. The average molecular weight is 265 g/mol. The molecule has 0 spiro atoms. The van der Waals surface area contributed by atoms with Gasteiger partial charge < -0.3 is 20.3 Å². The van der Waals surface area contributed by atoms with E-state index in [0.29, 0.717) is 24.3 Å². The van der Waals surface area contributed by atoms with Gasteiger partial charge in [0, 0.05) is 19.0 Å². The summed E-state index contributed by atoms with van der Waals surface area (Å²) in [6.07, 6.45) is 2.39. The number of amidine groups is 1. The van der Waals surface area contributed by atoms with Crippen LogP contribution >= 0.6 is 0 Å². The molecule has 0 radical (unpaired) electrons. The van der Waals surface area contributed by atoms with Gasteiger partial charge in [-0.05, 0) is 32.8 Å². The summed E-state index contributed by atoms with van der Waals surface area (Å²) in [5.41, 5.74) is 6.06. The summed E-state index contributed by atoms with van der Waals surface area (Å²) in [6.45, 7) is 4.07. The first-order chi connectivity index (χ1) is 9.02. The van der Waals surface area contributed by atoms with E-state index in [9.17, 15) is 4.79 Å². The molecule has 0 aliphatic heterocycles. The van der Waals surface area contributed by atoms with Crippen LogP contribution in [0.15, 0.2) is 15.6 Å². The Kier molecular flexibility index (Phi) is 3.78. The van der Waals surface area contributed by atoms with Gasteiger partial charge in [-0.25, -0.2) is 0 Å². The molecule has 1 heterocycles. The van der Waals surface area contributed by atoms with Gasteiger partial charge in [0.15, 0.2) is 0 Å². The molecule has 104 valence electrons. The standard InChI is InChI=1S/C13H19N3O3/c1-8-7-11(9(2)19-8)13(17)16(10-3-4-10)6-5-12(14)15-18/h7,10,18H,3-6H2,1-2H3,(H2,14,15). The first-order valence-electron chi connectivity index (χ1n) is 6.37. The van der Waals surface area contributed by atoms with Crippen LogP contribution in [0.25, 0.3) is 0 Å². The maximum Gasteiger partial charge on any atom is 0.257 e. The second kappa shape index (κ2) is 5.34. The highest BCUT2D eigenvalue weighted by Crippen LogP contribution is 2.29. The number of nitrogens with zero attached hydrogens (tertiary/aromatic N) is 2. The number of oxime groups is 1. The molecule has 1 aromatic rings. The first-order valence-corrected chi connectivity index (χ1v) is 6.37. The van der Waals surface area contributed by atoms with Crippen molar-refractivity contribution < 1.29 is 14.4 Å². The minimum Gasteiger partial charge on any atom is -0.466 e. The van der Waals surface area contributed by atoms with Crippen molar-refractivity contribution in [2.75, 3.05) is 6.54 Å². The van der Waals surface area contributed by atoms with Crippen LogP contribution in [0.1, 0.15) is 41.1 Å². The van der Waals surface area contributed by atoms with Gasteiger partial charge in [0.25, 0.3) is 5.91 Å². The van der Waals surface area contributed by atoms with Crippen molar-refractivity contribution in [1.29, 1.82) is 0 Å². The molecule has 1 saturated carbocycles. The lowest BCUT2D eigenvalue weighted by atomic mass is 10.2. The Morgan fingerprint density at radius 3 is 2.74 bits per heavy atom. The number of carbonyl (C=O) groups excluding carboxylic acids is 1. The van der Waals surface area contributed by atoms with E-state index >= 15 is 0 Å². The van der Waals surface area contributed by atoms with Crippen LogP contribution in [0, 0.1) is 13.8 Å². The zero-order valence-corrected chi connectivity index (χ0v) is 11.2. The van der Waals surface area contributed by atoms with E-state index in [1.54, 1.807) is 17.9 Å². The Labute approximate surface area is 111 Å². The highest BCUT2D eigenvalue weighted by atomic mass is 16.4. The quantitative estimate of drug-likeness (QED) is 0.366. The SMILES string of the molecule is Cc1cc(C(=O)N(CCC(N)=NO)C2CC2)c(C)o1. The lowest BCUT2D eigenvalue weighted by Gasteiger charge is -2.21. The fourth-order valence-corrected chi connectivity index (χ4v) is 2.12. The zero-order valence-electron chi connectivity index (χ0n) is 11.2. The number of hydrogen-bond donors (Lipinski definition) is 2. The number of amides is 1. The van der Waals surface area contributed by atoms with E-state index < -0.39 is 0 Å². The predicted octanol–water partition coefficient (Wildman–Crippen LogP) is 1.64. The molecule has 19 heavy (non-hydrogen) atoms. The Morgan fingerprint density at radius 1 is 1.58 bits per heavy atom. The summed E-state index contributed by atoms with van der Waals surface area (Å²) in [6, 6.07) is 2.03. The summed E-state index contributed by atoms with van der Waals surface area (Å²) in [5, 5.41) is 11.5. The monoisotopic (exact) mass is 265 g/mol. The Morgan fingerprint density at radius 2 is 2.26 bits per heavy atom. The molecule has 0 bridgehead atoms. The molecule has 6 heteroatoms. The van der Waals surface area contributed by atoms with E-state index in [2.05, 4.69) is 5.16 Å². The van der Waals surface area contributed by atoms with Crippen LogP contribution in [0.4, 0.5) is 0 Å². The summed E-state index contributed by atoms with van der Waals surface area (Å²) < 4.78 is 5.40. The van der Waals surface area contributed by atoms with Crippen molar-refractivity contribution in [2.24, 2.45) is 10.9 Å². The Balaban J connectivity index is 2.10.